The molecule has 1 aliphatic rings. The Morgan fingerprint density at radius 2 is 1.21 bits per heavy atom. The lowest BCUT2D eigenvalue weighted by Crippen LogP contribution is -2.61. The summed E-state index contributed by atoms with van der Waals surface area (Å²) in [5, 5.41) is 44.5. The third-order valence-electron chi connectivity index (χ3n) is 9.73. The molecule has 1 amide bonds. The summed E-state index contributed by atoms with van der Waals surface area (Å²) in [6, 6.07) is -0.947. The molecule has 0 saturated carbocycles. The zero-order chi connectivity index (χ0) is 39.2. The van der Waals surface area contributed by atoms with E-state index in [1.807, 2.05) is 6.08 Å². The molecule has 12 nitrogen and oxygen atoms in total. The van der Waals surface area contributed by atoms with Crippen LogP contribution in [0.4, 0.5) is 0 Å². The van der Waals surface area contributed by atoms with Gasteiger partial charge in [-0.2, -0.15) is 8.42 Å². The fraction of sp³-hybridized carbons (Fsp3) is 0.875. The second kappa shape index (κ2) is 31.7. The number of allylic oxidation sites excluding steroid dienone is 3. The monoisotopic (exact) mass is 778 g/mol. The van der Waals surface area contributed by atoms with Crippen molar-refractivity contribution in [2.75, 3.05) is 13.2 Å². The van der Waals surface area contributed by atoms with E-state index >= 15 is 0 Å². The van der Waals surface area contributed by atoms with Crippen LogP contribution in [0.15, 0.2) is 24.3 Å². The zero-order valence-electron chi connectivity index (χ0n) is 32.8. The maximum Gasteiger partial charge on any atom is 0.397 e. The Morgan fingerprint density at radius 1 is 0.736 bits per heavy atom. The normalized spacial score (nSPS) is 22.1. The van der Waals surface area contributed by atoms with E-state index in [-0.39, 0.29) is 18.9 Å². The van der Waals surface area contributed by atoms with Crippen LogP contribution in [-0.2, 0) is 28.9 Å². The van der Waals surface area contributed by atoms with Gasteiger partial charge in [0.15, 0.2) is 6.29 Å². The van der Waals surface area contributed by atoms with Gasteiger partial charge < -0.3 is 35.2 Å². The summed E-state index contributed by atoms with van der Waals surface area (Å²) in [7, 11) is -5.08. The molecule has 0 spiro atoms. The second-order valence-electron chi connectivity index (χ2n) is 14.6. The Labute approximate surface area is 321 Å². The third-order valence-corrected chi connectivity index (χ3v) is 10.2. The number of hydrogen-bond donors (Lipinski definition) is 6. The van der Waals surface area contributed by atoms with Gasteiger partial charge in [0, 0.05) is 6.42 Å². The van der Waals surface area contributed by atoms with E-state index in [9.17, 15) is 33.6 Å². The minimum Gasteiger partial charge on any atom is -0.394 e. The molecule has 7 atom stereocenters. The van der Waals surface area contributed by atoms with Gasteiger partial charge in [0.2, 0.25) is 5.91 Å². The summed E-state index contributed by atoms with van der Waals surface area (Å²) in [6.45, 7) is 3.33. The number of hydrogen-bond acceptors (Lipinski definition) is 10. The van der Waals surface area contributed by atoms with E-state index in [0.29, 0.717) is 6.42 Å². The fourth-order valence-electron chi connectivity index (χ4n) is 6.45. The van der Waals surface area contributed by atoms with Gasteiger partial charge in [-0.15, -0.1) is 0 Å². The van der Waals surface area contributed by atoms with Crippen molar-refractivity contribution in [2.24, 2.45) is 0 Å². The largest absolute Gasteiger partial charge is 0.397 e. The number of nitrogens with one attached hydrogen (secondary N) is 1. The van der Waals surface area contributed by atoms with Gasteiger partial charge in [-0.1, -0.05) is 141 Å². The van der Waals surface area contributed by atoms with Crippen LogP contribution < -0.4 is 5.32 Å². The maximum absolute atomic E-state index is 12.9. The second-order valence-corrected chi connectivity index (χ2v) is 15.6. The number of carbonyl (C=O) groups excluding carboxylic acids is 1. The molecule has 1 fully saturated rings. The van der Waals surface area contributed by atoms with E-state index in [2.05, 4.69) is 35.5 Å². The minimum absolute atomic E-state index is 0.249. The molecule has 0 aromatic rings. The van der Waals surface area contributed by atoms with Crippen LogP contribution >= 0.6 is 0 Å². The summed E-state index contributed by atoms with van der Waals surface area (Å²) in [5.41, 5.74) is 0. The summed E-state index contributed by atoms with van der Waals surface area (Å²) < 4.78 is 47.4. The lowest BCUT2D eigenvalue weighted by atomic mass is 9.99. The van der Waals surface area contributed by atoms with Crippen LogP contribution in [-0.4, -0.2) is 95.4 Å². The Morgan fingerprint density at radius 3 is 1.70 bits per heavy atom. The highest BCUT2D eigenvalue weighted by atomic mass is 32.3. The van der Waals surface area contributed by atoms with Gasteiger partial charge >= 0.3 is 10.4 Å². The number of ether oxygens (including phenoxy) is 2. The molecule has 7 unspecified atom stereocenters. The lowest BCUT2D eigenvalue weighted by Gasteiger charge is -2.41. The van der Waals surface area contributed by atoms with Crippen molar-refractivity contribution >= 4 is 16.3 Å². The smallest absolute Gasteiger partial charge is 0.394 e. The Kier molecular flexibility index (Phi) is 29.7. The standard InChI is InChI=1S/C40H75NO11S/c1-3-5-7-9-11-13-15-17-19-21-23-25-27-29-34(43)33(32-50-40-38(46)39(52-53(47,48)49)37(45)35(31-42)51-40)41-36(44)30-28-26-24-22-20-18-16-14-12-10-8-6-4-2/h18,20,27,29,33-35,37-40,42-43,45-46H,3-17,19,21-26,28,30-32H2,1-2H3,(H,41,44)(H,47,48,49)/b20-18-,29-27+. The molecule has 1 heterocycles. The average Bonchev–Trinajstić information content (AvgIpc) is 3.12. The van der Waals surface area contributed by atoms with Gasteiger partial charge in [0.1, 0.15) is 24.4 Å². The number of aliphatic hydroxyl groups is 4. The van der Waals surface area contributed by atoms with Crippen molar-refractivity contribution < 1.29 is 51.8 Å². The molecule has 1 rings (SSSR count). The van der Waals surface area contributed by atoms with Crippen LogP contribution in [0, 0.1) is 0 Å². The van der Waals surface area contributed by atoms with Crippen LogP contribution in [0.5, 0.6) is 0 Å². The summed E-state index contributed by atoms with van der Waals surface area (Å²) in [5.74, 6) is -0.281. The third kappa shape index (κ3) is 25.4. The highest BCUT2D eigenvalue weighted by molar-refractivity contribution is 7.80. The molecule has 1 saturated heterocycles. The van der Waals surface area contributed by atoms with Gasteiger partial charge in [0.05, 0.1) is 25.4 Å². The predicted molar refractivity (Wildman–Crippen MR) is 209 cm³/mol. The van der Waals surface area contributed by atoms with E-state index in [1.54, 1.807) is 6.08 Å². The molecule has 312 valence electrons. The first-order valence-corrected chi connectivity index (χ1v) is 22.1. The first-order chi connectivity index (χ1) is 25.5. The lowest BCUT2D eigenvalue weighted by molar-refractivity contribution is -0.298. The van der Waals surface area contributed by atoms with Crippen LogP contribution in [0.25, 0.3) is 0 Å². The highest BCUT2D eigenvalue weighted by Crippen LogP contribution is 2.26. The molecule has 0 aromatic carbocycles. The topological polar surface area (TPSA) is 192 Å². The van der Waals surface area contributed by atoms with Crippen molar-refractivity contribution in [3.8, 4) is 0 Å². The number of carbonyl (C=O) groups is 1. The van der Waals surface area contributed by atoms with Crippen molar-refractivity contribution in [3.63, 3.8) is 0 Å². The Hall–Kier alpha value is -1.42. The van der Waals surface area contributed by atoms with Crippen molar-refractivity contribution in [3.05, 3.63) is 24.3 Å². The van der Waals surface area contributed by atoms with Crippen LogP contribution in [0.3, 0.4) is 0 Å². The molecule has 53 heavy (non-hydrogen) atoms. The van der Waals surface area contributed by atoms with Gasteiger partial charge in [-0.05, 0) is 44.9 Å². The van der Waals surface area contributed by atoms with E-state index in [4.69, 9.17) is 14.0 Å². The fourth-order valence-corrected chi connectivity index (χ4v) is 6.96. The molecule has 0 bridgehead atoms. The first-order valence-electron chi connectivity index (χ1n) is 20.7. The molecule has 13 heteroatoms. The van der Waals surface area contributed by atoms with Crippen molar-refractivity contribution in [1.82, 2.24) is 5.32 Å². The number of rotatable bonds is 34. The van der Waals surface area contributed by atoms with Gasteiger partial charge in [-0.3, -0.25) is 9.35 Å². The molecule has 0 aliphatic carbocycles. The Bertz CT molecular complexity index is 1060. The molecule has 0 aromatic heterocycles. The molecular formula is C40H75NO11S. The number of unbranched alkanes of at least 4 members (excludes halogenated alkanes) is 20. The summed E-state index contributed by atoms with van der Waals surface area (Å²) >= 11 is 0. The minimum atomic E-state index is -5.08. The van der Waals surface area contributed by atoms with E-state index < -0.39 is 59.9 Å². The quantitative estimate of drug-likeness (QED) is 0.0224. The first kappa shape index (κ1) is 49.6. The molecular weight excluding hydrogens is 703 g/mol. The molecule has 0 radical (unpaired) electrons. The van der Waals surface area contributed by atoms with Gasteiger partial charge in [0.25, 0.3) is 0 Å². The number of amides is 1. The molecule has 6 N–H and O–H groups in total. The zero-order valence-corrected chi connectivity index (χ0v) is 33.6. The summed E-state index contributed by atoms with van der Waals surface area (Å²) in [6.07, 6.45) is 25.1. The summed E-state index contributed by atoms with van der Waals surface area (Å²) in [4.78, 5) is 12.9. The van der Waals surface area contributed by atoms with Crippen molar-refractivity contribution in [1.29, 1.82) is 0 Å². The predicted octanol–water partition coefficient (Wildman–Crippen LogP) is 6.99. The maximum atomic E-state index is 12.9. The van der Waals surface area contributed by atoms with Gasteiger partial charge in [-0.25, -0.2) is 4.18 Å². The van der Waals surface area contributed by atoms with Crippen molar-refractivity contribution in [2.45, 2.75) is 211 Å². The molecule has 1 aliphatic heterocycles. The van der Waals surface area contributed by atoms with Crippen LogP contribution in [0.2, 0.25) is 0 Å². The number of aliphatic hydroxyl groups excluding tert-OH is 4. The van der Waals surface area contributed by atoms with E-state index in [0.717, 1.165) is 44.9 Å². The Balaban J connectivity index is 2.62. The highest BCUT2D eigenvalue weighted by Gasteiger charge is 2.48. The average molecular weight is 778 g/mol. The van der Waals surface area contributed by atoms with Crippen LogP contribution in [0.1, 0.15) is 168 Å². The SMILES string of the molecule is CCCCCCCC/C=C\CCCCCC(=O)NC(COC1OC(CO)C(O)C(OS(=O)(=O)O)C1O)C(O)/C=C/CCCCCCCCCCCCC. The van der Waals surface area contributed by atoms with E-state index in [1.165, 1.54) is 96.3 Å².